The lowest BCUT2D eigenvalue weighted by Gasteiger charge is -2.29. The molecule has 0 heterocycles. The summed E-state index contributed by atoms with van der Waals surface area (Å²) in [6.07, 6.45) is 2.34. The third-order valence-corrected chi connectivity index (χ3v) is 4.94. The van der Waals surface area contributed by atoms with E-state index in [1.54, 1.807) is 0 Å². The van der Waals surface area contributed by atoms with E-state index < -0.39 is 0 Å². The van der Waals surface area contributed by atoms with Gasteiger partial charge in [0.1, 0.15) is 0 Å². The first-order chi connectivity index (χ1) is 9.59. The number of thioether (sulfide) groups is 1. The summed E-state index contributed by atoms with van der Waals surface area (Å²) in [5.41, 5.74) is 7.56. The zero-order valence-corrected chi connectivity index (χ0v) is 13.1. The van der Waals surface area contributed by atoms with Gasteiger partial charge in [0.2, 0.25) is 0 Å². The van der Waals surface area contributed by atoms with Crippen molar-refractivity contribution in [2.45, 2.75) is 38.0 Å². The Balaban J connectivity index is 1.98. The molecule has 0 spiro atoms. The Kier molecular flexibility index (Phi) is 5.11. The van der Waals surface area contributed by atoms with E-state index in [2.05, 4.69) is 19.2 Å². The first-order valence-electron chi connectivity index (χ1n) is 7.28. The van der Waals surface area contributed by atoms with Crippen molar-refractivity contribution in [3.8, 4) is 0 Å². The summed E-state index contributed by atoms with van der Waals surface area (Å²) in [6, 6.07) is 7.89. The maximum Gasteiger partial charge on any atom is 0.251 e. The molecular weight excluding hydrogens is 268 g/mol. The van der Waals surface area contributed by atoms with Gasteiger partial charge in [0.05, 0.1) is 5.54 Å². The van der Waals surface area contributed by atoms with E-state index in [1.165, 1.54) is 18.4 Å². The first-order valence-corrected chi connectivity index (χ1v) is 8.44. The van der Waals surface area contributed by atoms with Crippen LogP contribution >= 0.6 is 11.8 Å². The van der Waals surface area contributed by atoms with Crippen LogP contribution in [-0.2, 0) is 5.75 Å². The molecule has 0 saturated heterocycles. The smallest absolute Gasteiger partial charge is 0.251 e. The molecule has 1 aliphatic rings. The van der Waals surface area contributed by atoms with Gasteiger partial charge in [0.25, 0.3) is 5.91 Å². The third kappa shape index (κ3) is 3.76. The second-order valence-electron chi connectivity index (χ2n) is 5.68. The van der Waals surface area contributed by atoms with Gasteiger partial charge >= 0.3 is 0 Å². The molecule has 1 amide bonds. The fraction of sp³-hybridized carbons (Fsp3) is 0.562. The first kappa shape index (κ1) is 15.4. The maximum atomic E-state index is 12.3. The Bertz CT molecular complexity index is 456. The van der Waals surface area contributed by atoms with E-state index in [0.29, 0.717) is 12.5 Å². The van der Waals surface area contributed by atoms with Crippen molar-refractivity contribution in [3.05, 3.63) is 35.4 Å². The van der Waals surface area contributed by atoms with Crippen molar-refractivity contribution in [1.82, 2.24) is 5.32 Å². The normalized spacial score (nSPS) is 17.6. The number of nitrogens with one attached hydrogen (secondary N) is 1. The van der Waals surface area contributed by atoms with Gasteiger partial charge in [-0.25, -0.2) is 0 Å². The van der Waals surface area contributed by atoms with Crippen LogP contribution in [0.2, 0.25) is 0 Å². The predicted octanol–water partition coefficient (Wildman–Crippen LogP) is 2.80. The largest absolute Gasteiger partial charge is 0.345 e. The highest BCUT2D eigenvalue weighted by atomic mass is 32.2. The van der Waals surface area contributed by atoms with Crippen molar-refractivity contribution < 1.29 is 4.79 Å². The molecule has 3 N–H and O–H groups in total. The highest BCUT2D eigenvalue weighted by Gasteiger charge is 2.41. The minimum Gasteiger partial charge on any atom is -0.345 e. The molecular formula is C16H24N2OS. The van der Waals surface area contributed by atoms with Gasteiger partial charge in [-0.3, -0.25) is 4.79 Å². The van der Waals surface area contributed by atoms with Crippen LogP contribution in [0.5, 0.6) is 0 Å². The molecule has 1 fully saturated rings. The van der Waals surface area contributed by atoms with Crippen molar-refractivity contribution in [2.75, 3.05) is 12.3 Å². The molecule has 1 aliphatic carbocycles. The summed E-state index contributed by atoms with van der Waals surface area (Å²) >= 11 is 1.88. The van der Waals surface area contributed by atoms with Gasteiger partial charge in [-0.2, -0.15) is 11.8 Å². The predicted molar refractivity (Wildman–Crippen MR) is 85.9 cm³/mol. The second kappa shape index (κ2) is 6.64. The number of benzene rings is 1. The monoisotopic (exact) mass is 292 g/mol. The molecule has 110 valence electrons. The van der Waals surface area contributed by atoms with Crippen molar-refractivity contribution >= 4 is 17.7 Å². The van der Waals surface area contributed by atoms with Crippen LogP contribution in [0.15, 0.2) is 24.3 Å². The van der Waals surface area contributed by atoms with Crippen molar-refractivity contribution in [1.29, 1.82) is 0 Å². The number of hydrogen-bond donors (Lipinski definition) is 2. The summed E-state index contributed by atoms with van der Waals surface area (Å²) < 4.78 is 0. The number of rotatable bonds is 7. The second-order valence-corrected chi connectivity index (χ2v) is 6.96. The molecule has 1 aromatic carbocycles. The molecule has 4 heteroatoms. The Hall–Kier alpha value is -1.00. The summed E-state index contributed by atoms with van der Waals surface area (Å²) in [5.74, 6) is 2.63. The van der Waals surface area contributed by atoms with Gasteiger partial charge in [-0.1, -0.05) is 19.1 Å². The Morgan fingerprint density at radius 1 is 1.40 bits per heavy atom. The van der Waals surface area contributed by atoms with Crippen LogP contribution in [0.4, 0.5) is 0 Å². The molecule has 1 saturated carbocycles. The molecule has 1 atom stereocenters. The Labute approximate surface area is 125 Å². The molecule has 0 radical (unpaired) electrons. The van der Waals surface area contributed by atoms with Crippen molar-refractivity contribution in [3.63, 3.8) is 0 Å². The van der Waals surface area contributed by atoms with Crippen LogP contribution in [0.3, 0.4) is 0 Å². The maximum absolute atomic E-state index is 12.3. The Morgan fingerprint density at radius 2 is 2.05 bits per heavy atom. The van der Waals surface area contributed by atoms with Crippen LogP contribution in [0, 0.1) is 5.92 Å². The quantitative estimate of drug-likeness (QED) is 0.812. The lowest BCUT2D eigenvalue weighted by molar-refractivity contribution is 0.0898. The molecule has 1 unspecified atom stereocenters. The standard InChI is InChI=1S/C16H24N2OS/c1-3-20-10-12-4-6-13(7-5-12)15(19)18-16(2,11-17)14-8-9-14/h4-7,14H,3,8-11,17H2,1-2H3,(H,18,19). The van der Waals surface area contributed by atoms with E-state index >= 15 is 0 Å². The minimum atomic E-state index is -0.256. The summed E-state index contributed by atoms with van der Waals surface area (Å²) in [4.78, 5) is 12.3. The minimum absolute atomic E-state index is 0.0143. The van der Waals surface area contributed by atoms with Gasteiger partial charge in [-0.15, -0.1) is 0 Å². The topological polar surface area (TPSA) is 55.1 Å². The number of carbonyl (C=O) groups is 1. The van der Waals surface area contributed by atoms with E-state index in [-0.39, 0.29) is 11.4 Å². The lowest BCUT2D eigenvalue weighted by Crippen LogP contribution is -2.53. The number of amides is 1. The zero-order chi connectivity index (χ0) is 14.6. The fourth-order valence-corrected chi connectivity index (χ4v) is 2.98. The van der Waals surface area contributed by atoms with Gasteiger partial charge in [0, 0.05) is 17.9 Å². The summed E-state index contributed by atoms with van der Waals surface area (Å²) in [7, 11) is 0. The highest BCUT2D eigenvalue weighted by Crippen LogP contribution is 2.39. The van der Waals surface area contributed by atoms with Gasteiger partial charge < -0.3 is 11.1 Å². The summed E-state index contributed by atoms with van der Waals surface area (Å²) in [6.45, 7) is 4.70. The van der Waals surface area contributed by atoms with Crippen LogP contribution in [0.1, 0.15) is 42.6 Å². The van der Waals surface area contributed by atoms with Crippen molar-refractivity contribution in [2.24, 2.45) is 11.7 Å². The Morgan fingerprint density at radius 3 is 2.55 bits per heavy atom. The number of hydrogen-bond acceptors (Lipinski definition) is 3. The van der Waals surface area contributed by atoms with E-state index in [4.69, 9.17) is 5.73 Å². The molecule has 1 aromatic rings. The SMILES string of the molecule is CCSCc1ccc(C(=O)NC(C)(CN)C2CC2)cc1. The van der Waals surface area contributed by atoms with Crippen LogP contribution in [0.25, 0.3) is 0 Å². The molecule has 2 rings (SSSR count). The van der Waals surface area contributed by atoms with Crippen LogP contribution < -0.4 is 11.1 Å². The molecule has 0 aromatic heterocycles. The van der Waals surface area contributed by atoms with E-state index in [9.17, 15) is 4.79 Å². The van der Waals surface area contributed by atoms with E-state index in [0.717, 1.165) is 17.1 Å². The van der Waals surface area contributed by atoms with E-state index in [1.807, 2.05) is 36.0 Å². The highest BCUT2D eigenvalue weighted by molar-refractivity contribution is 7.98. The molecule has 0 bridgehead atoms. The number of carbonyl (C=O) groups excluding carboxylic acids is 1. The zero-order valence-electron chi connectivity index (χ0n) is 12.3. The molecule has 3 nitrogen and oxygen atoms in total. The van der Waals surface area contributed by atoms with Gasteiger partial charge in [-0.05, 0) is 49.1 Å². The third-order valence-electron chi connectivity index (χ3n) is 3.99. The lowest BCUT2D eigenvalue weighted by atomic mass is 9.95. The number of nitrogens with two attached hydrogens (primary N) is 1. The molecule has 0 aliphatic heterocycles. The fourth-order valence-electron chi connectivity index (χ4n) is 2.34. The van der Waals surface area contributed by atoms with Crippen LogP contribution in [-0.4, -0.2) is 23.7 Å². The average molecular weight is 292 g/mol. The van der Waals surface area contributed by atoms with Gasteiger partial charge in [0.15, 0.2) is 0 Å². The summed E-state index contributed by atoms with van der Waals surface area (Å²) in [5, 5.41) is 3.11. The average Bonchev–Trinajstić information content (AvgIpc) is 3.30. The molecule has 20 heavy (non-hydrogen) atoms.